The number of hydrogen-bond donors (Lipinski definition) is 1. The number of esters is 1. The van der Waals surface area contributed by atoms with Gasteiger partial charge in [0.1, 0.15) is 5.54 Å². The Morgan fingerprint density at radius 1 is 1.24 bits per heavy atom. The molecule has 0 radical (unpaired) electrons. The van der Waals surface area contributed by atoms with Crippen LogP contribution >= 0.6 is 0 Å². The third-order valence-electron chi connectivity index (χ3n) is 5.04. The van der Waals surface area contributed by atoms with Gasteiger partial charge in [-0.05, 0) is 44.7 Å². The molecular weight excluding hydrogens is 320 g/mol. The summed E-state index contributed by atoms with van der Waals surface area (Å²) < 4.78 is 5.20. The van der Waals surface area contributed by atoms with Crippen molar-refractivity contribution in [1.29, 1.82) is 0 Å². The van der Waals surface area contributed by atoms with E-state index in [2.05, 4.69) is 5.32 Å². The Kier molecular flexibility index (Phi) is 4.79. The van der Waals surface area contributed by atoms with Gasteiger partial charge in [0.25, 0.3) is 5.91 Å². The number of para-hydroxylation sites is 2. The molecule has 134 valence electrons. The number of nitrogens with one attached hydrogen (secondary N) is 1. The first kappa shape index (κ1) is 17.5. The molecule has 1 saturated carbocycles. The lowest BCUT2D eigenvalue weighted by atomic mass is 9.96. The highest BCUT2D eigenvalue weighted by molar-refractivity contribution is 6.14. The third kappa shape index (κ3) is 3.52. The van der Waals surface area contributed by atoms with E-state index in [1.807, 2.05) is 0 Å². The van der Waals surface area contributed by atoms with E-state index in [1.54, 1.807) is 38.1 Å². The van der Waals surface area contributed by atoms with Crippen molar-refractivity contribution in [3.8, 4) is 0 Å². The summed E-state index contributed by atoms with van der Waals surface area (Å²) in [6, 6.07) is 7.12. The first-order valence-corrected chi connectivity index (χ1v) is 8.79. The van der Waals surface area contributed by atoms with Crippen LogP contribution in [0.25, 0.3) is 0 Å². The van der Waals surface area contributed by atoms with Crippen LogP contribution in [0, 0.1) is 5.92 Å². The highest BCUT2D eigenvalue weighted by atomic mass is 16.5. The predicted octanol–water partition coefficient (Wildman–Crippen LogP) is 2.87. The molecule has 6 heteroatoms. The molecule has 2 amide bonds. The van der Waals surface area contributed by atoms with Crippen molar-refractivity contribution in [2.75, 3.05) is 16.8 Å². The van der Waals surface area contributed by atoms with Crippen LogP contribution in [0.2, 0.25) is 0 Å². The summed E-state index contributed by atoms with van der Waals surface area (Å²) >= 11 is 0. The molecule has 0 saturated heterocycles. The number of carbonyl (C=O) groups excluding carboxylic acids is 3. The van der Waals surface area contributed by atoms with E-state index >= 15 is 0 Å². The molecule has 6 nitrogen and oxygen atoms in total. The first-order valence-electron chi connectivity index (χ1n) is 8.79. The summed E-state index contributed by atoms with van der Waals surface area (Å²) in [6.45, 7) is 3.00. The molecule has 1 fully saturated rings. The average Bonchev–Trinajstić information content (AvgIpc) is 3.06. The van der Waals surface area contributed by atoms with E-state index in [-0.39, 0.29) is 18.5 Å². The number of amides is 2. The zero-order valence-corrected chi connectivity index (χ0v) is 14.7. The second-order valence-electron chi connectivity index (χ2n) is 7.27. The summed E-state index contributed by atoms with van der Waals surface area (Å²) in [4.78, 5) is 38.5. The number of hydrogen-bond acceptors (Lipinski definition) is 4. The maximum absolute atomic E-state index is 12.7. The quantitative estimate of drug-likeness (QED) is 0.852. The zero-order valence-electron chi connectivity index (χ0n) is 14.7. The van der Waals surface area contributed by atoms with Crippen LogP contribution in [0.4, 0.5) is 11.4 Å². The summed E-state index contributed by atoms with van der Waals surface area (Å²) in [6.07, 6.45) is 4.79. The lowest BCUT2D eigenvalue weighted by molar-refractivity contribution is -0.149. The molecule has 0 atom stereocenters. The van der Waals surface area contributed by atoms with Gasteiger partial charge >= 0.3 is 5.97 Å². The molecule has 0 unspecified atom stereocenters. The minimum absolute atomic E-state index is 0.267. The molecular formula is C19H24N2O4. The Morgan fingerprint density at radius 2 is 1.92 bits per heavy atom. The number of carbonyl (C=O) groups is 3. The van der Waals surface area contributed by atoms with Crippen LogP contribution in [0.5, 0.6) is 0 Å². The van der Waals surface area contributed by atoms with Gasteiger partial charge in [0.15, 0.2) is 6.61 Å². The topological polar surface area (TPSA) is 75.7 Å². The fourth-order valence-electron chi connectivity index (χ4n) is 3.61. The number of benzene rings is 1. The minimum atomic E-state index is -1.05. The maximum Gasteiger partial charge on any atom is 0.306 e. The van der Waals surface area contributed by atoms with Gasteiger partial charge in [0, 0.05) is 6.42 Å². The molecule has 3 rings (SSSR count). The van der Waals surface area contributed by atoms with Crippen LogP contribution < -0.4 is 10.2 Å². The Morgan fingerprint density at radius 3 is 2.64 bits per heavy atom. The average molecular weight is 344 g/mol. The van der Waals surface area contributed by atoms with Crippen molar-refractivity contribution in [1.82, 2.24) is 0 Å². The molecule has 0 bridgehead atoms. The molecule has 1 aliphatic heterocycles. The van der Waals surface area contributed by atoms with Gasteiger partial charge in [-0.2, -0.15) is 0 Å². The van der Waals surface area contributed by atoms with Gasteiger partial charge in [-0.25, -0.2) is 0 Å². The van der Waals surface area contributed by atoms with E-state index < -0.39 is 11.4 Å². The molecule has 1 aliphatic carbocycles. The Bertz CT molecular complexity index is 692. The standard InChI is InChI=1S/C19H24N2O4/c1-19(2)18(24)20-14-9-5-6-10-15(14)21(19)16(22)12-25-17(23)11-13-7-3-4-8-13/h5-6,9-10,13H,3-4,7-8,11-12H2,1-2H3,(H,20,24). The zero-order chi connectivity index (χ0) is 18.0. The number of anilines is 2. The Labute approximate surface area is 147 Å². The summed E-state index contributed by atoms with van der Waals surface area (Å²) in [5, 5.41) is 2.81. The largest absolute Gasteiger partial charge is 0.456 e. The van der Waals surface area contributed by atoms with Gasteiger partial charge in [-0.1, -0.05) is 25.0 Å². The van der Waals surface area contributed by atoms with Crippen molar-refractivity contribution >= 4 is 29.2 Å². The summed E-state index contributed by atoms with van der Waals surface area (Å²) in [7, 11) is 0. The molecule has 25 heavy (non-hydrogen) atoms. The lowest BCUT2D eigenvalue weighted by Gasteiger charge is -2.41. The SMILES string of the molecule is CC1(C)C(=O)Nc2ccccc2N1C(=O)COC(=O)CC1CCCC1. The van der Waals surface area contributed by atoms with Crippen LogP contribution in [0.3, 0.4) is 0 Å². The number of fused-ring (bicyclic) bond motifs is 1. The van der Waals surface area contributed by atoms with Crippen LogP contribution in [0.1, 0.15) is 46.0 Å². The monoisotopic (exact) mass is 344 g/mol. The molecule has 0 aromatic heterocycles. The van der Waals surface area contributed by atoms with Crippen LogP contribution in [0.15, 0.2) is 24.3 Å². The third-order valence-corrected chi connectivity index (χ3v) is 5.04. The minimum Gasteiger partial charge on any atom is -0.456 e. The van der Waals surface area contributed by atoms with Crippen LogP contribution in [-0.2, 0) is 19.1 Å². The van der Waals surface area contributed by atoms with Gasteiger partial charge in [0.05, 0.1) is 11.4 Å². The molecule has 1 N–H and O–H groups in total. The van der Waals surface area contributed by atoms with E-state index in [0.29, 0.717) is 23.7 Å². The van der Waals surface area contributed by atoms with E-state index in [4.69, 9.17) is 4.74 Å². The second-order valence-corrected chi connectivity index (χ2v) is 7.27. The number of rotatable bonds is 4. The van der Waals surface area contributed by atoms with Crippen molar-refractivity contribution < 1.29 is 19.1 Å². The molecule has 1 aromatic carbocycles. The highest BCUT2D eigenvalue weighted by Gasteiger charge is 2.43. The van der Waals surface area contributed by atoms with Gasteiger partial charge in [-0.15, -0.1) is 0 Å². The fraction of sp³-hybridized carbons (Fsp3) is 0.526. The fourth-order valence-corrected chi connectivity index (χ4v) is 3.61. The van der Waals surface area contributed by atoms with Gasteiger partial charge in [0.2, 0.25) is 5.91 Å². The highest BCUT2D eigenvalue weighted by Crippen LogP contribution is 2.36. The predicted molar refractivity (Wildman–Crippen MR) is 94.2 cm³/mol. The van der Waals surface area contributed by atoms with E-state index in [1.165, 1.54) is 4.90 Å². The normalized spacial score (nSPS) is 19.3. The van der Waals surface area contributed by atoms with E-state index in [9.17, 15) is 14.4 Å². The van der Waals surface area contributed by atoms with Gasteiger partial charge < -0.3 is 10.1 Å². The van der Waals surface area contributed by atoms with Crippen molar-refractivity contribution in [3.63, 3.8) is 0 Å². The number of ether oxygens (including phenoxy) is 1. The van der Waals surface area contributed by atoms with Crippen molar-refractivity contribution in [2.45, 2.75) is 51.5 Å². The Balaban J connectivity index is 1.69. The first-order chi connectivity index (χ1) is 11.9. The molecule has 2 aliphatic rings. The van der Waals surface area contributed by atoms with Crippen molar-refractivity contribution in [2.24, 2.45) is 5.92 Å². The van der Waals surface area contributed by atoms with E-state index in [0.717, 1.165) is 25.7 Å². The Hall–Kier alpha value is -2.37. The van der Waals surface area contributed by atoms with Gasteiger partial charge in [-0.3, -0.25) is 19.3 Å². The van der Waals surface area contributed by atoms with Crippen LogP contribution in [-0.4, -0.2) is 29.9 Å². The second kappa shape index (κ2) is 6.86. The maximum atomic E-state index is 12.7. The van der Waals surface area contributed by atoms with Crippen molar-refractivity contribution in [3.05, 3.63) is 24.3 Å². The smallest absolute Gasteiger partial charge is 0.306 e. The molecule has 1 aromatic rings. The summed E-state index contributed by atoms with van der Waals surface area (Å²) in [5.41, 5.74) is 0.143. The number of nitrogens with zero attached hydrogens (tertiary/aromatic N) is 1. The lowest BCUT2D eigenvalue weighted by Crippen LogP contribution is -2.59. The molecule has 0 spiro atoms. The molecule has 1 heterocycles. The summed E-state index contributed by atoms with van der Waals surface area (Å²) in [5.74, 6) is -0.628.